The van der Waals surface area contributed by atoms with Gasteiger partial charge in [-0.25, -0.2) is 14.4 Å². The maximum Gasteiger partial charge on any atom is 0.226 e. The van der Waals surface area contributed by atoms with E-state index < -0.39 is 0 Å². The minimum atomic E-state index is -0.381. The highest BCUT2D eigenvalue weighted by atomic mass is 32.1. The highest BCUT2D eigenvalue weighted by molar-refractivity contribution is 7.20. The molecule has 13 heteroatoms. The molecule has 3 aliphatic heterocycles. The number of thiazole rings is 1. The predicted octanol–water partition coefficient (Wildman–Crippen LogP) is 4.21. The Labute approximate surface area is 244 Å². The van der Waals surface area contributed by atoms with Crippen molar-refractivity contribution in [3.05, 3.63) is 40.7 Å². The zero-order valence-corrected chi connectivity index (χ0v) is 24.3. The maximum absolute atomic E-state index is 13.5. The summed E-state index contributed by atoms with van der Waals surface area (Å²) in [5.74, 6) is 0.650. The third-order valence-electron chi connectivity index (χ3n) is 8.49. The van der Waals surface area contributed by atoms with Crippen molar-refractivity contribution in [3.8, 4) is 17.3 Å². The predicted molar refractivity (Wildman–Crippen MR) is 155 cm³/mol. The summed E-state index contributed by atoms with van der Waals surface area (Å²) in [5, 5.41) is 26.0. The minimum Gasteiger partial charge on any atom is -0.389 e. The van der Waals surface area contributed by atoms with Gasteiger partial charge in [-0.2, -0.15) is 9.78 Å². The molecule has 0 aliphatic carbocycles. The number of carbonyl (C=O) groups excluding carboxylic acids is 1. The number of nitriles is 1. The Balaban J connectivity index is 1.18. The second-order valence-corrected chi connectivity index (χ2v) is 12.9. The number of piperidine rings is 1. The average molecular weight is 593 g/mol. The van der Waals surface area contributed by atoms with Crippen LogP contribution in [-0.2, 0) is 11.2 Å². The summed E-state index contributed by atoms with van der Waals surface area (Å²) >= 11 is 2.85. The normalized spacial score (nSPS) is 22.3. The van der Waals surface area contributed by atoms with Crippen LogP contribution >= 0.6 is 22.7 Å². The summed E-state index contributed by atoms with van der Waals surface area (Å²) in [4.78, 5) is 30.0. The Morgan fingerprint density at radius 2 is 1.88 bits per heavy atom. The van der Waals surface area contributed by atoms with Gasteiger partial charge < -0.3 is 19.8 Å². The summed E-state index contributed by atoms with van der Waals surface area (Å²) in [6, 6.07) is 8.76. The molecule has 2 atom stereocenters. The molecule has 1 amide bonds. The molecule has 2 bridgehead atoms. The van der Waals surface area contributed by atoms with Gasteiger partial charge in [0.25, 0.3) is 0 Å². The number of imidazole rings is 1. The number of hydrogen-bond donors (Lipinski definition) is 1. The molecule has 2 unspecified atom stereocenters. The molecule has 0 spiro atoms. The summed E-state index contributed by atoms with van der Waals surface area (Å²) in [7, 11) is 1.91. The Kier molecular flexibility index (Phi) is 6.44. The number of β-amino-alcohol motifs (C(OH)–C–C–N with tert-alkyl or cyclic N) is 1. The number of carbonyl (C=O) groups is 1. The van der Waals surface area contributed by atoms with Crippen molar-refractivity contribution in [1.82, 2.24) is 24.5 Å². The highest BCUT2D eigenvalue weighted by Gasteiger charge is 2.46. The summed E-state index contributed by atoms with van der Waals surface area (Å²) in [5.41, 5.74) is 2.10. The standard InChI is InChI=1S/C28H29FN8O2S2/c1-3-21-24(34(2)26-32-23(22(12-30)40-26)15-4-6-17(29)7-5-15)37-27(31-21)41-28(33-37)36-18-8-9-19(36)11-16(10-18)25(39)35-13-20(38)14-35/h4-7,16,18-20,38H,3,8-11,13-14H2,1-2H3. The number of aromatic nitrogens is 4. The Hall–Kier alpha value is -3.60. The number of fused-ring (bicyclic) bond motifs is 3. The fourth-order valence-electron chi connectivity index (χ4n) is 6.45. The minimum absolute atomic E-state index is 0.00298. The number of aliphatic hydroxyl groups excluding tert-OH is 1. The SMILES string of the molecule is CCc1nc2sc(N3C4CCC3CC(C(=O)N3CC(O)C3)C4)nn2c1N(C)c1nc(-c2ccc(F)cc2)c(C#N)s1. The van der Waals surface area contributed by atoms with E-state index in [1.54, 1.807) is 28.4 Å². The van der Waals surface area contributed by atoms with Crippen LogP contribution in [0, 0.1) is 23.1 Å². The lowest BCUT2D eigenvalue weighted by Gasteiger charge is -2.43. The van der Waals surface area contributed by atoms with Crippen LogP contribution in [0.25, 0.3) is 16.2 Å². The number of hydrogen-bond acceptors (Lipinski definition) is 10. The number of halogens is 1. The number of aliphatic hydroxyl groups is 1. The van der Waals surface area contributed by atoms with E-state index in [1.807, 2.05) is 16.5 Å². The molecule has 4 aromatic rings. The van der Waals surface area contributed by atoms with E-state index in [0.29, 0.717) is 40.8 Å². The number of aryl methyl sites for hydroxylation is 1. The number of nitrogens with zero attached hydrogens (tertiary/aromatic N) is 8. The Morgan fingerprint density at radius 3 is 2.51 bits per heavy atom. The van der Waals surface area contributed by atoms with Crippen molar-refractivity contribution < 1.29 is 14.3 Å². The van der Waals surface area contributed by atoms with Gasteiger partial charge in [0, 0.05) is 43.7 Å². The Morgan fingerprint density at radius 1 is 1.17 bits per heavy atom. The van der Waals surface area contributed by atoms with Gasteiger partial charge in [0.15, 0.2) is 10.9 Å². The van der Waals surface area contributed by atoms with Gasteiger partial charge >= 0.3 is 0 Å². The van der Waals surface area contributed by atoms with Crippen molar-refractivity contribution in [2.45, 2.75) is 57.2 Å². The van der Waals surface area contributed by atoms with Crippen molar-refractivity contribution in [2.75, 3.05) is 29.9 Å². The number of amides is 1. The fraction of sp³-hybridized carbons (Fsp3) is 0.464. The molecule has 6 heterocycles. The third kappa shape index (κ3) is 4.36. The van der Waals surface area contributed by atoms with Crippen LogP contribution in [0.3, 0.4) is 0 Å². The molecule has 212 valence electrons. The van der Waals surface area contributed by atoms with E-state index in [2.05, 4.69) is 17.9 Å². The first-order valence-electron chi connectivity index (χ1n) is 13.9. The monoisotopic (exact) mass is 592 g/mol. The van der Waals surface area contributed by atoms with Crippen LogP contribution in [0.15, 0.2) is 24.3 Å². The van der Waals surface area contributed by atoms with Crippen molar-refractivity contribution >= 4 is 49.6 Å². The van der Waals surface area contributed by atoms with E-state index in [4.69, 9.17) is 15.1 Å². The van der Waals surface area contributed by atoms with E-state index in [0.717, 1.165) is 47.3 Å². The van der Waals surface area contributed by atoms with E-state index in [-0.39, 0.29) is 35.8 Å². The molecule has 1 N–H and O–H groups in total. The van der Waals surface area contributed by atoms with Gasteiger partial charge in [-0.3, -0.25) is 4.79 Å². The number of rotatable bonds is 6. The van der Waals surface area contributed by atoms with Gasteiger partial charge in [-0.05, 0) is 56.4 Å². The average Bonchev–Trinajstić information content (AvgIpc) is 3.70. The first-order valence-corrected chi connectivity index (χ1v) is 15.5. The number of likely N-dealkylation sites (tertiary alicyclic amines) is 1. The lowest BCUT2D eigenvalue weighted by Crippen LogP contribution is -2.57. The second-order valence-electron chi connectivity index (χ2n) is 11.0. The molecule has 3 aliphatic rings. The van der Waals surface area contributed by atoms with Crippen molar-refractivity contribution in [3.63, 3.8) is 0 Å². The molecular weight excluding hydrogens is 563 g/mol. The molecule has 0 radical (unpaired) electrons. The first kappa shape index (κ1) is 26.3. The van der Waals surface area contributed by atoms with Crippen LogP contribution in [0.5, 0.6) is 0 Å². The number of anilines is 3. The quantitative estimate of drug-likeness (QED) is 0.354. The highest BCUT2D eigenvalue weighted by Crippen LogP contribution is 2.45. The maximum atomic E-state index is 13.5. The zero-order valence-electron chi connectivity index (χ0n) is 22.7. The van der Waals surface area contributed by atoms with Crippen molar-refractivity contribution in [2.24, 2.45) is 5.92 Å². The van der Waals surface area contributed by atoms with E-state index in [1.165, 1.54) is 23.5 Å². The molecule has 41 heavy (non-hydrogen) atoms. The van der Waals surface area contributed by atoms with E-state index in [9.17, 15) is 19.6 Å². The van der Waals surface area contributed by atoms with Crippen molar-refractivity contribution in [1.29, 1.82) is 5.26 Å². The lowest BCUT2D eigenvalue weighted by molar-refractivity contribution is -0.146. The molecule has 7 rings (SSSR count). The van der Waals surface area contributed by atoms with Gasteiger partial charge in [0.2, 0.25) is 16.0 Å². The van der Waals surface area contributed by atoms with Gasteiger partial charge in [-0.15, -0.1) is 5.10 Å². The first-order chi connectivity index (χ1) is 19.8. The van der Waals surface area contributed by atoms with Crippen LogP contribution in [-0.4, -0.2) is 73.8 Å². The molecule has 10 nitrogen and oxygen atoms in total. The molecule has 0 saturated carbocycles. The van der Waals surface area contributed by atoms with Gasteiger partial charge in [0.1, 0.15) is 22.5 Å². The smallest absolute Gasteiger partial charge is 0.226 e. The molecule has 1 aromatic carbocycles. The van der Waals surface area contributed by atoms with Gasteiger partial charge in [-0.1, -0.05) is 29.6 Å². The van der Waals surface area contributed by atoms with Crippen LogP contribution in [0.2, 0.25) is 0 Å². The largest absolute Gasteiger partial charge is 0.389 e. The molecule has 3 saturated heterocycles. The van der Waals surface area contributed by atoms with Crippen LogP contribution < -0.4 is 9.80 Å². The summed E-state index contributed by atoms with van der Waals surface area (Å²) < 4.78 is 15.4. The molecular formula is C28H29FN8O2S2. The summed E-state index contributed by atoms with van der Waals surface area (Å²) in [6.45, 7) is 2.96. The second kappa shape index (κ2) is 10.0. The molecule has 3 aromatic heterocycles. The topological polar surface area (TPSA) is 114 Å². The number of benzene rings is 1. The van der Waals surface area contributed by atoms with Crippen LogP contribution in [0.1, 0.15) is 43.2 Å². The lowest BCUT2D eigenvalue weighted by atomic mass is 9.89. The van der Waals surface area contributed by atoms with Crippen LogP contribution in [0.4, 0.5) is 20.5 Å². The third-order valence-corrected chi connectivity index (χ3v) is 10.4. The van der Waals surface area contributed by atoms with Gasteiger partial charge in [0.05, 0.1) is 11.8 Å². The molecule has 3 fully saturated rings. The zero-order chi connectivity index (χ0) is 28.4. The summed E-state index contributed by atoms with van der Waals surface area (Å²) in [6.07, 6.45) is 4.00. The Bertz CT molecular complexity index is 1650. The van der Waals surface area contributed by atoms with E-state index >= 15 is 0 Å². The fourth-order valence-corrected chi connectivity index (χ4v) is 8.36.